The maximum Gasteiger partial charge on any atom is 0.332 e. The standard InChI is InChI=1S/C12H19N3O3/c1-4-7-13-10(16)14(8-5-2)12(18)15(9-6-3)11(13)17/h1,10,16H,5-9H2,2-3H3. The van der Waals surface area contributed by atoms with E-state index in [-0.39, 0.29) is 6.54 Å². The van der Waals surface area contributed by atoms with Crippen LogP contribution in [-0.2, 0) is 0 Å². The van der Waals surface area contributed by atoms with Gasteiger partial charge >= 0.3 is 12.1 Å². The van der Waals surface area contributed by atoms with Crippen LogP contribution in [0.4, 0.5) is 9.59 Å². The van der Waals surface area contributed by atoms with Gasteiger partial charge in [-0.05, 0) is 12.8 Å². The van der Waals surface area contributed by atoms with Crippen LogP contribution >= 0.6 is 0 Å². The van der Waals surface area contributed by atoms with Gasteiger partial charge in [-0.15, -0.1) is 6.42 Å². The Morgan fingerprint density at radius 1 is 1.17 bits per heavy atom. The van der Waals surface area contributed by atoms with Gasteiger partial charge in [-0.1, -0.05) is 19.8 Å². The van der Waals surface area contributed by atoms with Crippen LogP contribution in [0, 0.1) is 12.3 Å². The molecule has 1 aliphatic rings. The molecule has 1 atom stereocenters. The zero-order valence-corrected chi connectivity index (χ0v) is 10.8. The number of terminal acetylenes is 1. The average Bonchev–Trinajstić information content (AvgIpc) is 2.35. The first-order chi connectivity index (χ1) is 8.58. The second kappa shape index (κ2) is 6.26. The van der Waals surface area contributed by atoms with Gasteiger partial charge in [0.15, 0.2) is 0 Å². The molecule has 0 aliphatic carbocycles. The predicted octanol–water partition coefficient (Wildman–Crippen LogP) is 0.875. The molecule has 6 heteroatoms. The third-order valence-electron chi connectivity index (χ3n) is 2.68. The number of carbonyl (C=O) groups is 2. The van der Waals surface area contributed by atoms with Crippen molar-refractivity contribution in [1.82, 2.24) is 14.7 Å². The normalized spacial score (nSPS) is 20.3. The molecule has 1 N–H and O–H groups in total. The number of aliphatic hydroxyl groups excluding tert-OH is 1. The molecule has 18 heavy (non-hydrogen) atoms. The van der Waals surface area contributed by atoms with Gasteiger partial charge in [-0.25, -0.2) is 14.5 Å². The van der Waals surface area contributed by atoms with Crippen molar-refractivity contribution in [3.63, 3.8) is 0 Å². The minimum atomic E-state index is -1.27. The quantitative estimate of drug-likeness (QED) is 0.740. The summed E-state index contributed by atoms with van der Waals surface area (Å²) < 4.78 is 0. The number of hydrogen-bond donors (Lipinski definition) is 1. The summed E-state index contributed by atoms with van der Waals surface area (Å²) in [4.78, 5) is 27.6. The Kier molecular flexibility index (Phi) is 4.98. The fourth-order valence-electron chi connectivity index (χ4n) is 1.87. The van der Waals surface area contributed by atoms with Crippen LogP contribution in [0.2, 0.25) is 0 Å². The van der Waals surface area contributed by atoms with E-state index in [0.29, 0.717) is 25.9 Å². The van der Waals surface area contributed by atoms with E-state index in [2.05, 4.69) is 5.92 Å². The number of urea groups is 2. The number of imide groups is 1. The topological polar surface area (TPSA) is 64.1 Å². The fraction of sp³-hybridized carbons (Fsp3) is 0.667. The first-order valence-corrected chi connectivity index (χ1v) is 6.08. The van der Waals surface area contributed by atoms with Crippen molar-refractivity contribution in [3.8, 4) is 12.3 Å². The molecule has 1 heterocycles. The van der Waals surface area contributed by atoms with E-state index < -0.39 is 18.4 Å². The summed E-state index contributed by atoms with van der Waals surface area (Å²) in [5.74, 6) is 2.32. The maximum atomic E-state index is 12.1. The average molecular weight is 253 g/mol. The van der Waals surface area contributed by atoms with Gasteiger partial charge in [-0.2, -0.15) is 0 Å². The molecular weight excluding hydrogens is 234 g/mol. The van der Waals surface area contributed by atoms with Crippen LogP contribution < -0.4 is 0 Å². The first kappa shape index (κ1) is 14.3. The van der Waals surface area contributed by atoms with Gasteiger partial charge in [0.05, 0.1) is 6.54 Å². The SMILES string of the molecule is C#CCN1C(=O)N(CCC)C(=O)N(CCC)C1O. The fourth-order valence-corrected chi connectivity index (χ4v) is 1.87. The number of hydrogen-bond acceptors (Lipinski definition) is 3. The predicted molar refractivity (Wildman–Crippen MR) is 66.3 cm³/mol. The Hall–Kier alpha value is -1.74. The van der Waals surface area contributed by atoms with E-state index in [9.17, 15) is 14.7 Å². The smallest absolute Gasteiger partial charge is 0.332 e. The van der Waals surface area contributed by atoms with Crippen LogP contribution in [-0.4, -0.2) is 57.9 Å². The minimum absolute atomic E-state index is 0.0201. The molecule has 0 aromatic rings. The molecule has 100 valence electrons. The second-order valence-electron chi connectivity index (χ2n) is 4.09. The van der Waals surface area contributed by atoms with Crippen LogP contribution in [0.5, 0.6) is 0 Å². The van der Waals surface area contributed by atoms with Gasteiger partial charge in [0.1, 0.15) is 0 Å². The molecule has 1 rings (SSSR count). The van der Waals surface area contributed by atoms with E-state index in [0.717, 1.165) is 9.80 Å². The highest BCUT2D eigenvalue weighted by atomic mass is 16.3. The number of rotatable bonds is 5. The zero-order valence-electron chi connectivity index (χ0n) is 10.8. The number of aliphatic hydroxyl groups is 1. The monoisotopic (exact) mass is 253 g/mol. The molecule has 0 spiro atoms. The molecule has 6 nitrogen and oxygen atoms in total. The number of amides is 4. The molecule has 0 aromatic carbocycles. The van der Waals surface area contributed by atoms with E-state index in [1.54, 1.807) is 0 Å². The van der Waals surface area contributed by atoms with Crippen molar-refractivity contribution in [3.05, 3.63) is 0 Å². The Labute approximate surface area is 107 Å². The summed E-state index contributed by atoms with van der Waals surface area (Å²) in [6.07, 6.45) is 5.27. The lowest BCUT2D eigenvalue weighted by Gasteiger charge is -2.43. The van der Waals surface area contributed by atoms with E-state index in [1.807, 2.05) is 13.8 Å². The molecule has 1 aliphatic heterocycles. The van der Waals surface area contributed by atoms with Gasteiger partial charge in [0.2, 0.25) is 6.35 Å². The van der Waals surface area contributed by atoms with Crippen molar-refractivity contribution < 1.29 is 14.7 Å². The summed E-state index contributed by atoms with van der Waals surface area (Å²) in [5.41, 5.74) is 0. The molecule has 0 aromatic heterocycles. The summed E-state index contributed by atoms with van der Waals surface area (Å²) in [6, 6.07) is -0.982. The number of nitrogens with zero attached hydrogens (tertiary/aromatic N) is 3. The van der Waals surface area contributed by atoms with Crippen LogP contribution in [0.1, 0.15) is 26.7 Å². The summed E-state index contributed by atoms with van der Waals surface area (Å²) in [7, 11) is 0. The molecule has 1 saturated heterocycles. The summed E-state index contributed by atoms with van der Waals surface area (Å²) in [5, 5.41) is 10.0. The van der Waals surface area contributed by atoms with E-state index >= 15 is 0 Å². The lowest BCUT2D eigenvalue weighted by atomic mass is 10.3. The highest BCUT2D eigenvalue weighted by Crippen LogP contribution is 2.18. The molecule has 4 amide bonds. The third kappa shape index (κ3) is 2.57. The maximum absolute atomic E-state index is 12.1. The van der Waals surface area contributed by atoms with Crippen molar-refractivity contribution in [2.24, 2.45) is 0 Å². The largest absolute Gasteiger partial charge is 0.356 e. The summed E-state index contributed by atoms with van der Waals surface area (Å²) >= 11 is 0. The number of carbonyl (C=O) groups excluding carboxylic acids is 2. The van der Waals surface area contributed by atoms with E-state index in [1.165, 1.54) is 4.90 Å². The minimum Gasteiger partial charge on any atom is -0.356 e. The molecular formula is C12H19N3O3. The Morgan fingerprint density at radius 3 is 2.22 bits per heavy atom. The van der Waals surface area contributed by atoms with E-state index in [4.69, 9.17) is 6.42 Å². The molecule has 1 fully saturated rings. The lowest BCUT2D eigenvalue weighted by Crippen LogP contribution is -2.66. The molecule has 0 radical (unpaired) electrons. The second-order valence-corrected chi connectivity index (χ2v) is 4.09. The highest BCUT2D eigenvalue weighted by Gasteiger charge is 2.42. The molecule has 1 unspecified atom stereocenters. The van der Waals surface area contributed by atoms with Crippen molar-refractivity contribution in [2.45, 2.75) is 33.0 Å². The Morgan fingerprint density at radius 2 is 1.72 bits per heavy atom. The van der Waals surface area contributed by atoms with Crippen LogP contribution in [0.25, 0.3) is 0 Å². The van der Waals surface area contributed by atoms with Gasteiger partial charge in [-0.3, -0.25) is 9.80 Å². The lowest BCUT2D eigenvalue weighted by molar-refractivity contribution is -0.0878. The first-order valence-electron chi connectivity index (χ1n) is 6.08. The highest BCUT2D eigenvalue weighted by molar-refractivity contribution is 5.96. The third-order valence-corrected chi connectivity index (χ3v) is 2.68. The Bertz CT molecular complexity index is 364. The molecule has 0 saturated carbocycles. The van der Waals surface area contributed by atoms with Gasteiger partial charge in [0, 0.05) is 13.1 Å². The van der Waals surface area contributed by atoms with Gasteiger partial charge < -0.3 is 5.11 Å². The van der Waals surface area contributed by atoms with Crippen LogP contribution in [0.15, 0.2) is 0 Å². The molecule has 0 bridgehead atoms. The van der Waals surface area contributed by atoms with Gasteiger partial charge in [0.25, 0.3) is 0 Å². The van der Waals surface area contributed by atoms with Crippen molar-refractivity contribution >= 4 is 12.1 Å². The zero-order chi connectivity index (χ0) is 13.7. The summed E-state index contributed by atoms with van der Waals surface area (Å²) in [6.45, 7) is 4.46. The van der Waals surface area contributed by atoms with Crippen LogP contribution in [0.3, 0.4) is 0 Å². The Balaban J connectivity index is 2.98. The van der Waals surface area contributed by atoms with Crippen molar-refractivity contribution in [1.29, 1.82) is 0 Å². The van der Waals surface area contributed by atoms with Crippen molar-refractivity contribution in [2.75, 3.05) is 19.6 Å².